The lowest BCUT2D eigenvalue weighted by Crippen LogP contribution is -2.44. The number of carbonyl (C=O) groups excluding carboxylic acids is 2. The van der Waals surface area contributed by atoms with Gasteiger partial charge in [0.25, 0.3) is 5.91 Å². The summed E-state index contributed by atoms with van der Waals surface area (Å²) in [5.41, 5.74) is 5.92. The Morgan fingerprint density at radius 1 is 1.25 bits per heavy atom. The Kier molecular flexibility index (Phi) is 6.58. The molecule has 2 aliphatic heterocycles. The summed E-state index contributed by atoms with van der Waals surface area (Å²) in [6, 6.07) is 3.05. The summed E-state index contributed by atoms with van der Waals surface area (Å²) >= 11 is 0. The average molecular weight is 393 g/mol. The minimum Gasteiger partial charge on any atom is -0.493 e. The van der Waals surface area contributed by atoms with E-state index in [0.717, 1.165) is 0 Å². The molecule has 1 aromatic rings. The van der Waals surface area contributed by atoms with Crippen molar-refractivity contribution in [2.45, 2.75) is 12.5 Å². The summed E-state index contributed by atoms with van der Waals surface area (Å²) in [5, 5.41) is 2.92. The van der Waals surface area contributed by atoms with E-state index in [1.165, 1.54) is 14.2 Å². The number of nitrogens with zero attached hydrogens (tertiary/aromatic N) is 1. The molecule has 0 radical (unpaired) electrons. The van der Waals surface area contributed by atoms with Crippen LogP contribution in [0.15, 0.2) is 12.1 Å². The normalized spacial score (nSPS) is 21.5. The number of nitrogens with one attached hydrogen (secondary N) is 1. The molecule has 2 bridgehead atoms. The molecule has 0 unspecified atom stereocenters. The standard InChI is InChI=1S/C19H27N3O6/c1-25-15-6-12(7-16(26-2)17(15)28-5-3-4-20)19(24)22-8-13-10-27-11-14(9-22)21-18(13)23/h6-7,13-14H,3-5,8-11,20H2,1-2H3,(H,21,23)/t13-,14+/m1/s1. The van der Waals surface area contributed by atoms with Crippen LogP contribution in [0.2, 0.25) is 0 Å². The minimum absolute atomic E-state index is 0.0726. The van der Waals surface area contributed by atoms with Crippen LogP contribution >= 0.6 is 0 Å². The minimum atomic E-state index is -0.376. The van der Waals surface area contributed by atoms with E-state index in [2.05, 4.69) is 5.32 Å². The molecule has 1 aromatic carbocycles. The highest BCUT2D eigenvalue weighted by molar-refractivity contribution is 5.96. The molecule has 2 heterocycles. The number of hydrogen-bond acceptors (Lipinski definition) is 7. The van der Waals surface area contributed by atoms with Crippen molar-refractivity contribution < 1.29 is 28.5 Å². The van der Waals surface area contributed by atoms with Gasteiger partial charge in [0.15, 0.2) is 11.5 Å². The first-order chi connectivity index (χ1) is 13.6. The number of methoxy groups -OCH3 is 2. The zero-order chi connectivity index (χ0) is 20.1. The fourth-order valence-electron chi connectivity index (χ4n) is 3.38. The Balaban J connectivity index is 1.85. The highest BCUT2D eigenvalue weighted by Gasteiger charge is 2.35. The summed E-state index contributed by atoms with van der Waals surface area (Å²) in [6.45, 7) is 2.33. The number of ether oxygens (including phenoxy) is 4. The van der Waals surface area contributed by atoms with Crippen molar-refractivity contribution in [2.75, 3.05) is 53.7 Å². The van der Waals surface area contributed by atoms with E-state index < -0.39 is 0 Å². The lowest BCUT2D eigenvalue weighted by Gasteiger charge is -2.28. The fraction of sp³-hybridized carbons (Fsp3) is 0.579. The molecule has 2 atom stereocenters. The van der Waals surface area contributed by atoms with Gasteiger partial charge >= 0.3 is 0 Å². The summed E-state index contributed by atoms with van der Waals surface area (Å²) < 4.78 is 22.1. The van der Waals surface area contributed by atoms with Gasteiger partial charge in [0, 0.05) is 18.7 Å². The van der Waals surface area contributed by atoms with Gasteiger partial charge < -0.3 is 34.9 Å². The van der Waals surface area contributed by atoms with Crippen LogP contribution in [-0.2, 0) is 9.53 Å². The van der Waals surface area contributed by atoms with Crippen molar-refractivity contribution in [1.29, 1.82) is 0 Å². The van der Waals surface area contributed by atoms with Crippen molar-refractivity contribution in [3.63, 3.8) is 0 Å². The molecule has 2 aliphatic rings. The van der Waals surface area contributed by atoms with Crippen LogP contribution < -0.4 is 25.3 Å². The second kappa shape index (κ2) is 9.11. The van der Waals surface area contributed by atoms with Gasteiger partial charge in [0.05, 0.1) is 46.0 Å². The van der Waals surface area contributed by atoms with Crippen LogP contribution in [0.25, 0.3) is 0 Å². The predicted octanol–water partition coefficient (Wildman–Crippen LogP) is 0.0184. The topological polar surface area (TPSA) is 112 Å². The van der Waals surface area contributed by atoms with Crippen LogP contribution in [0.4, 0.5) is 0 Å². The fourth-order valence-corrected chi connectivity index (χ4v) is 3.38. The van der Waals surface area contributed by atoms with Gasteiger partial charge in [-0.15, -0.1) is 0 Å². The van der Waals surface area contributed by atoms with E-state index in [9.17, 15) is 9.59 Å². The molecular weight excluding hydrogens is 366 g/mol. The second-order valence-corrected chi connectivity index (χ2v) is 6.85. The maximum absolute atomic E-state index is 13.2. The number of hydrogen-bond donors (Lipinski definition) is 2. The van der Waals surface area contributed by atoms with Gasteiger partial charge in [-0.2, -0.15) is 0 Å². The largest absolute Gasteiger partial charge is 0.493 e. The van der Waals surface area contributed by atoms with Gasteiger partial charge in [-0.1, -0.05) is 0 Å². The SMILES string of the molecule is COc1cc(C(=O)N2C[C@H]3COC[C@@H](C2)C(=O)N3)cc(OC)c1OCCCN. The third kappa shape index (κ3) is 4.31. The second-order valence-electron chi connectivity index (χ2n) is 6.85. The van der Waals surface area contributed by atoms with E-state index in [1.54, 1.807) is 17.0 Å². The Labute approximate surface area is 164 Å². The van der Waals surface area contributed by atoms with Crippen LogP contribution in [0.3, 0.4) is 0 Å². The van der Waals surface area contributed by atoms with E-state index >= 15 is 0 Å². The van der Waals surface area contributed by atoms with E-state index in [-0.39, 0.29) is 23.8 Å². The first-order valence-corrected chi connectivity index (χ1v) is 9.33. The lowest BCUT2D eigenvalue weighted by atomic mass is 10.1. The summed E-state index contributed by atoms with van der Waals surface area (Å²) in [4.78, 5) is 27.0. The zero-order valence-electron chi connectivity index (χ0n) is 16.2. The highest BCUT2D eigenvalue weighted by atomic mass is 16.5. The smallest absolute Gasteiger partial charge is 0.254 e. The first-order valence-electron chi connectivity index (χ1n) is 9.33. The van der Waals surface area contributed by atoms with E-state index in [4.69, 9.17) is 24.7 Å². The quantitative estimate of drug-likeness (QED) is 0.628. The van der Waals surface area contributed by atoms with E-state index in [0.29, 0.717) is 68.7 Å². The lowest BCUT2D eigenvalue weighted by molar-refractivity contribution is -0.125. The van der Waals surface area contributed by atoms with Crippen molar-refractivity contribution in [1.82, 2.24) is 10.2 Å². The summed E-state index contributed by atoms with van der Waals surface area (Å²) in [6.07, 6.45) is 0.687. The van der Waals surface area contributed by atoms with Crippen LogP contribution in [0, 0.1) is 5.92 Å². The van der Waals surface area contributed by atoms with E-state index in [1.807, 2.05) is 0 Å². The molecule has 2 fully saturated rings. The van der Waals surface area contributed by atoms with Gasteiger partial charge in [0.1, 0.15) is 0 Å². The predicted molar refractivity (Wildman–Crippen MR) is 101 cm³/mol. The summed E-state index contributed by atoms with van der Waals surface area (Å²) in [7, 11) is 3.02. The van der Waals surface area contributed by atoms with Gasteiger partial charge in [-0.05, 0) is 25.1 Å². The number of rotatable bonds is 7. The van der Waals surface area contributed by atoms with Crippen LogP contribution in [0.1, 0.15) is 16.8 Å². The molecule has 0 spiro atoms. The molecule has 28 heavy (non-hydrogen) atoms. The number of carbonyl (C=O) groups is 2. The molecule has 3 N–H and O–H groups in total. The highest BCUT2D eigenvalue weighted by Crippen LogP contribution is 2.39. The van der Waals surface area contributed by atoms with Crippen molar-refractivity contribution in [3.05, 3.63) is 17.7 Å². The van der Waals surface area contributed by atoms with Crippen LogP contribution in [0.5, 0.6) is 17.2 Å². The molecule has 0 saturated carbocycles. The van der Waals surface area contributed by atoms with Gasteiger partial charge in [0.2, 0.25) is 11.7 Å². The third-order valence-electron chi connectivity index (χ3n) is 4.83. The van der Waals surface area contributed by atoms with Crippen LogP contribution in [-0.4, -0.2) is 76.4 Å². The molecule has 2 amide bonds. The van der Waals surface area contributed by atoms with Gasteiger partial charge in [-0.25, -0.2) is 0 Å². The third-order valence-corrected chi connectivity index (χ3v) is 4.83. The van der Waals surface area contributed by atoms with Crippen molar-refractivity contribution >= 4 is 11.8 Å². The molecule has 0 aromatic heterocycles. The number of amides is 2. The summed E-state index contributed by atoms with van der Waals surface area (Å²) in [5.74, 6) is 0.613. The Bertz CT molecular complexity index is 701. The first kappa shape index (κ1) is 20.2. The molecule has 2 saturated heterocycles. The van der Waals surface area contributed by atoms with Crippen molar-refractivity contribution in [2.24, 2.45) is 11.7 Å². The Morgan fingerprint density at radius 2 is 1.96 bits per heavy atom. The zero-order valence-corrected chi connectivity index (χ0v) is 16.2. The maximum Gasteiger partial charge on any atom is 0.254 e. The Hall–Kier alpha value is -2.52. The van der Waals surface area contributed by atoms with Crippen molar-refractivity contribution in [3.8, 4) is 17.2 Å². The number of fused-ring (bicyclic) bond motifs is 3. The number of benzene rings is 1. The molecular formula is C19H27N3O6. The average Bonchev–Trinajstić information content (AvgIpc) is 2.95. The molecule has 9 heteroatoms. The monoisotopic (exact) mass is 393 g/mol. The molecule has 154 valence electrons. The molecule has 9 nitrogen and oxygen atoms in total. The van der Waals surface area contributed by atoms with Gasteiger partial charge in [-0.3, -0.25) is 9.59 Å². The number of nitrogens with two attached hydrogens (primary N) is 1. The molecule has 0 aliphatic carbocycles. The maximum atomic E-state index is 13.2. The molecule has 3 rings (SSSR count). The Morgan fingerprint density at radius 3 is 2.61 bits per heavy atom.